The maximum absolute atomic E-state index is 11.8. The fourth-order valence-corrected chi connectivity index (χ4v) is 2.79. The van der Waals surface area contributed by atoms with Gasteiger partial charge in [0.05, 0.1) is 11.1 Å². The van der Waals surface area contributed by atoms with Gasteiger partial charge in [0.15, 0.2) is 0 Å². The van der Waals surface area contributed by atoms with Gasteiger partial charge in [0, 0.05) is 18.3 Å². The maximum atomic E-state index is 11.8. The standard InChI is InChI=1S/C20H25BrN2O3/c1-20(2,3)14-8-9-18(17(21)12-14)26-11-5-10-22-19(25)23-15-6-4-7-16(24)13-15/h4,6-9,12-13,24H,5,10-11H2,1-3H3,(H2,22,23,25). The molecule has 0 bridgehead atoms. The summed E-state index contributed by atoms with van der Waals surface area (Å²) in [6, 6.07) is 12.2. The van der Waals surface area contributed by atoms with Gasteiger partial charge in [0.25, 0.3) is 0 Å². The Morgan fingerprint density at radius 3 is 2.62 bits per heavy atom. The lowest BCUT2D eigenvalue weighted by Gasteiger charge is -2.20. The van der Waals surface area contributed by atoms with Gasteiger partial charge < -0.3 is 20.5 Å². The Balaban J connectivity index is 1.71. The Labute approximate surface area is 162 Å². The lowest BCUT2D eigenvalue weighted by Crippen LogP contribution is -2.30. The maximum Gasteiger partial charge on any atom is 0.319 e. The SMILES string of the molecule is CC(C)(C)c1ccc(OCCCNC(=O)Nc2cccc(O)c2)c(Br)c1. The summed E-state index contributed by atoms with van der Waals surface area (Å²) in [6.45, 7) is 7.50. The summed E-state index contributed by atoms with van der Waals surface area (Å²) in [5, 5.41) is 14.8. The highest BCUT2D eigenvalue weighted by Gasteiger charge is 2.15. The number of amides is 2. The third-order valence-electron chi connectivity index (χ3n) is 3.77. The van der Waals surface area contributed by atoms with Crippen LogP contribution in [0, 0.1) is 0 Å². The van der Waals surface area contributed by atoms with E-state index in [1.807, 2.05) is 6.07 Å². The van der Waals surface area contributed by atoms with Crippen molar-refractivity contribution in [3.05, 3.63) is 52.5 Å². The monoisotopic (exact) mass is 420 g/mol. The van der Waals surface area contributed by atoms with Crippen molar-refractivity contribution in [1.29, 1.82) is 0 Å². The highest BCUT2D eigenvalue weighted by Crippen LogP contribution is 2.31. The van der Waals surface area contributed by atoms with E-state index in [4.69, 9.17) is 4.74 Å². The molecule has 2 amide bonds. The van der Waals surface area contributed by atoms with Gasteiger partial charge in [0.1, 0.15) is 11.5 Å². The zero-order valence-corrected chi connectivity index (χ0v) is 16.9. The number of hydrogen-bond acceptors (Lipinski definition) is 3. The molecule has 2 rings (SSSR count). The van der Waals surface area contributed by atoms with Gasteiger partial charge >= 0.3 is 6.03 Å². The molecule has 0 unspecified atom stereocenters. The largest absolute Gasteiger partial charge is 0.508 e. The predicted octanol–water partition coefficient (Wildman–Crippen LogP) is 5.04. The molecule has 0 aliphatic heterocycles. The molecule has 5 nitrogen and oxygen atoms in total. The Kier molecular flexibility index (Phi) is 6.91. The van der Waals surface area contributed by atoms with Crippen molar-refractivity contribution >= 4 is 27.6 Å². The topological polar surface area (TPSA) is 70.6 Å². The van der Waals surface area contributed by atoms with Crippen LogP contribution in [0.5, 0.6) is 11.5 Å². The molecule has 0 heterocycles. The van der Waals surface area contributed by atoms with Crippen LogP contribution in [0.2, 0.25) is 0 Å². The molecular formula is C20H25BrN2O3. The lowest BCUT2D eigenvalue weighted by molar-refractivity contribution is 0.250. The molecule has 0 spiro atoms. The van der Waals surface area contributed by atoms with Gasteiger partial charge in [-0.3, -0.25) is 0 Å². The Bertz CT molecular complexity index is 757. The molecule has 0 saturated carbocycles. The van der Waals surface area contributed by atoms with Crippen molar-refractivity contribution in [1.82, 2.24) is 5.32 Å². The number of nitrogens with one attached hydrogen (secondary N) is 2. The highest BCUT2D eigenvalue weighted by molar-refractivity contribution is 9.10. The van der Waals surface area contributed by atoms with Crippen molar-refractivity contribution < 1.29 is 14.6 Å². The number of benzene rings is 2. The predicted molar refractivity (Wildman–Crippen MR) is 108 cm³/mol. The number of phenols is 1. The zero-order valence-electron chi connectivity index (χ0n) is 15.3. The third-order valence-corrected chi connectivity index (χ3v) is 4.39. The summed E-state index contributed by atoms with van der Waals surface area (Å²) in [5.41, 5.74) is 1.87. The van der Waals surface area contributed by atoms with E-state index >= 15 is 0 Å². The molecule has 0 aliphatic rings. The van der Waals surface area contributed by atoms with Gasteiger partial charge in [-0.2, -0.15) is 0 Å². The second-order valence-corrected chi connectivity index (χ2v) is 7.88. The molecule has 6 heteroatoms. The number of rotatable bonds is 6. The van der Waals surface area contributed by atoms with Crippen LogP contribution >= 0.6 is 15.9 Å². The van der Waals surface area contributed by atoms with Crippen molar-refractivity contribution in [2.45, 2.75) is 32.6 Å². The van der Waals surface area contributed by atoms with E-state index in [9.17, 15) is 9.90 Å². The first-order valence-electron chi connectivity index (χ1n) is 8.52. The van der Waals surface area contributed by atoms with E-state index in [0.29, 0.717) is 25.3 Å². The summed E-state index contributed by atoms with van der Waals surface area (Å²) in [6.07, 6.45) is 0.681. The Morgan fingerprint density at radius 2 is 1.96 bits per heavy atom. The lowest BCUT2D eigenvalue weighted by atomic mass is 9.87. The van der Waals surface area contributed by atoms with E-state index in [1.165, 1.54) is 11.6 Å². The average molecular weight is 421 g/mol. The van der Waals surface area contributed by atoms with Crippen LogP contribution < -0.4 is 15.4 Å². The minimum atomic E-state index is -0.314. The van der Waals surface area contributed by atoms with Crippen LogP contribution in [-0.2, 0) is 5.41 Å². The van der Waals surface area contributed by atoms with Crippen LogP contribution in [0.15, 0.2) is 46.9 Å². The summed E-state index contributed by atoms with van der Waals surface area (Å²) >= 11 is 3.55. The number of aromatic hydroxyl groups is 1. The van der Waals surface area contributed by atoms with E-state index < -0.39 is 0 Å². The first-order valence-corrected chi connectivity index (χ1v) is 9.32. The number of phenolic OH excluding ortho intramolecular Hbond substituents is 1. The molecule has 0 atom stereocenters. The van der Waals surface area contributed by atoms with E-state index in [-0.39, 0.29) is 17.2 Å². The van der Waals surface area contributed by atoms with E-state index in [0.717, 1.165) is 10.2 Å². The van der Waals surface area contributed by atoms with Crippen LogP contribution in [-0.4, -0.2) is 24.3 Å². The van der Waals surface area contributed by atoms with Crippen molar-refractivity contribution in [2.24, 2.45) is 0 Å². The molecule has 140 valence electrons. The second kappa shape index (κ2) is 8.94. The minimum Gasteiger partial charge on any atom is -0.508 e. The highest BCUT2D eigenvalue weighted by atomic mass is 79.9. The van der Waals surface area contributed by atoms with Crippen molar-refractivity contribution in [3.63, 3.8) is 0 Å². The van der Waals surface area contributed by atoms with Gasteiger partial charge in [-0.1, -0.05) is 32.9 Å². The summed E-state index contributed by atoms with van der Waals surface area (Å²) in [5.74, 6) is 0.904. The number of carbonyl (C=O) groups is 1. The summed E-state index contributed by atoms with van der Waals surface area (Å²) < 4.78 is 6.70. The van der Waals surface area contributed by atoms with Crippen LogP contribution in [0.25, 0.3) is 0 Å². The van der Waals surface area contributed by atoms with E-state index in [2.05, 4.69) is 59.5 Å². The summed E-state index contributed by atoms with van der Waals surface area (Å²) in [7, 11) is 0. The average Bonchev–Trinajstić information content (AvgIpc) is 2.55. The smallest absolute Gasteiger partial charge is 0.319 e. The van der Waals surface area contributed by atoms with Gasteiger partial charge in [0.2, 0.25) is 0 Å². The molecule has 2 aromatic rings. The first-order chi connectivity index (χ1) is 12.3. The molecule has 0 aliphatic carbocycles. The molecular weight excluding hydrogens is 396 g/mol. The van der Waals surface area contributed by atoms with Crippen LogP contribution in [0.1, 0.15) is 32.8 Å². The van der Waals surface area contributed by atoms with Crippen molar-refractivity contribution in [2.75, 3.05) is 18.5 Å². The molecule has 2 aromatic carbocycles. The Morgan fingerprint density at radius 1 is 1.19 bits per heavy atom. The number of hydrogen-bond donors (Lipinski definition) is 3. The van der Waals surface area contributed by atoms with Gasteiger partial charge in [-0.25, -0.2) is 4.79 Å². The summed E-state index contributed by atoms with van der Waals surface area (Å²) in [4.78, 5) is 11.8. The molecule has 0 aromatic heterocycles. The third kappa shape index (κ3) is 6.26. The zero-order chi connectivity index (χ0) is 19.2. The van der Waals surface area contributed by atoms with Crippen LogP contribution in [0.4, 0.5) is 10.5 Å². The molecule has 0 fully saturated rings. The number of ether oxygens (including phenoxy) is 1. The normalized spacial score (nSPS) is 11.1. The molecule has 26 heavy (non-hydrogen) atoms. The van der Waals surface area contributed by atoms with Gasteiger partial charge in [-0.15, -0.1) is 0 Å². The van der Waals surface area contributed by atoms with Crippen molar-refractivity contribution in [3.8, 4) is 11.5 Å². The van der Waals surface area contributed by atoms with Crippen LogP contribution in [0.3, 0.4) is 0 Å². The molecule has 3 N–H and O–H groups in total. The fraction of sp³-hybridized carbons (Fsp3) is 0.350. The van der Waals surface area contributed by atoms with E-state index in [1.54, 1.807) is 18.2 Å². The molecule has 0 radical (unpaired) electrons. The number of halogens is 1. The number of urea groups is 1. The number of carbonyl (C=O) groups excluding carboxylic acids is 1. The fourth-order valence-electron chi connectivity index (χ4n) is 2.30. The van der Waals surface area contributed by atoms with Gasteiger partial charge in [-0.05, 0) is 57.6 Å². The number of anilines is 1. The molecule has 0 saturated heterocycles. The quantitative estimate of drug-likeness (QED) is 0.572. The minimum absolute atomic E-state index is 0.0911. The first kappa shape index (κ1) is 20.1. The second-order valence-electron chi connectivity index (χ2n) is 7.03. The Hall–Kier alpha value is -2.21.